The zero-order valence-corrected chi connectivity index (χ0v) is 14.1. The summed E-state index contributed by atoms with van der Waals surface area (Å²) in [5.74, 6) is 1.56. The first-order chi connectivity index (χ1) is 9.69. The molecule has 1 heterocycles. The summed E-state index contributed by atoms with van der Waals surface area (Å²) in [6.45, 7) is 3.69. The van der Waals surface area contributed by atoms with Gasteiger partial charge in [0.05, 0.1) is 28.8 Å². The Hall–Kier alpha value is -1.27. The lowest BCUT2D eigenvalue weighted by atomic mass is 10.2. The Morgan fingerprint density at radius 1 is 1.38 bits per heavy atom. The molecule has 2 aromatic rings. The lowest BCUT2D eigenvalue weighted by molar-refractivity contribution is 0.415. The fraction of sp³-hybridized carbons (Fsp3) is 0.500. The van der Waals surface area contributed by atoms with Crippen LogP contribution in [-0.2, 0) is 22.3 Å². The van der Waals surface area contributed by atoms with E-state index in [9.17, 15) is 8.42 Å². The van der Waals surface area contributed by atoms with E-state index in [2.05, 4.69) is 4.98 Å². The molecule has 0 aliphatic carbocycles. The first-order valence-electron chi connectivity index (χ1n) is 6.48. The van der Waals surface area contributed by atoms with Crippen LogP contribution in [0.1, 0.15) is 19.7 Å². The van der Waals surface area contributed by atoms with Crippen molar-refractivity contribution in [1.82, 2.24) is 9.55 Å². The van der Waals surface area contributed by atoms with E-state index in [1.165, 1.54) is 6.26 Å². The summed E-state index contributed by atoms with van der Waals surface area (Å²) in [6, 6.07) is 5.50. The van der Waals surface area contributed by atoms with Crippen LogP contribution in [0.15, 0.2) is 18.2 Å². The van der Waals surface area contributed by atoms with E-state index in [-0.39, 0.29) is 12.4 Å². The van der Waals surface area contributed by atoms with E-state index in [1.54, 1.807) is 21.0 Å². The second-order valence-corrected chi connectivity index (χ2v) is 8.55. The molecule has 0 saturated carbocycles. The minimum Gasteiger partial charge on any atom is -0.497 e. The quantitative estimate of drug-likeness (QED) is 0.791. The molecule has 0 aliphatic heterocycles. The van der Waals surface area contributed by atoms with Crippen molar-refractivity contribution >= 4 is 32.5 Å². The zero-order chi connectivity index (χ0) is 15.8. The van der Waals surface area contributed by atoms with Crippen molar-refractivity contribution in [2.24, 2.45) is 0 Å². The van der Waals surface area contributed by atoms with Crippen LogP contribution in [0, 0.1) is 0 Å². The van der Waals surface area contributed by atoms with Gasteiger partial charge in [-0.15, -0.1) is 11.6 Å². The second kappa shape index (κ2) is 5.50. The standard InChI is InChI=1S/C14H19ClN2O3S/c1-14(2,21(4,18)19)9-17-12-7-10(20-3)5-6-11(12)16-13(17)8-15/h5-7H,8-9H2,1-4H3. The van der Waals surface area contributed by atoms with Gasteiger partial charge in [-0.3, -0.25) is 0 Å². The van der Waals surface area contributed by atoms with E-state index < -0.39 is 14.6 Å². The number of sulfone groups is 1. The molecule has 7 heteroatoms. The molecule has 0 saturated heterocycles. The van der Waals surface area contributed by atoms with Gasteiger partial charge in [-0.1, -0.05) is 0 Å². The molecule has 2 rings (SSSR count). The van der Waals surface area contributed by atoms with Crippen molar-refractivity contribution in [1.29, 1.82) is 0 Å². The molecule has 1 aromatic carbocycles. The van der Waals surface area contributed by atoms with E-state index in [0.717, 1.165) is 11.0 Å². The zero-order valence-electron chi connectivity index (χ0n) is 12.6. The van der Waals surface area contributed by atoms with Crippen molar-refractivity contribution in [3.63, 3.8) is 0 Å². The van der Waals surface area contributed by atoms with Crippen molar-refractivity contribution in [3.8, 4) is 5.75 Å². The highest BCUT2D eigenvalue weighted by Crippen LogP contribution is 2.26. The predicted octanol–water partition coefficient (Wildman–Crippen LogP) is 2.61. The average Bonchev–Trinajstić information content (AvgIpc) is 2.74. The van der Waals surface area contributed by atoms with Crippen molar-refractivity contribution in [2.45, 2.75) is 31.0 Å². The fourth-order valence-corrected chi connectivity index (χ4v) is 2.62. The van der Waals surface area contributed by atoms with Crippen LogP contribution in [0.3, 0.4) is 0 Å². The van der Waals surface area contributed by atoms with Gasteiger partial charge >= 0.3 is 0 Å². The summed E-state index contributed by atoms with van der Waals surface area (Å²) in [7, 11) is -1.62. The summed E-state index contributed by atoms with van der Waals surface area (Å²) in [5.41, 5.74) is 1.59. The molecule has 1 aromatic heterocycles. The van der Waals surface area contributed by atoms with Crippen LogP contribution in [0.25, 0.3) is 11.0 Å². The van der Waals surface area contributed by atoms with Gasteiger partial charge in [-0.25, -0.2) is 13.4 Å². The maximum absolute atomic E-state index is 11.9. The monoisotopic (exact) mass is 330 g/mol. The average molecular weight is 331 g/mol. The number of aromatic nitrogens is 2. The number of rotatable bonds is 5. The Morgan fingerprint density at radius 3 is 2.57 bits per heavy atom. The van der Waals surface area contributed by atoms with E-state index in [4.69, 9.17) is 16.3 Å². The molecule has 0 fully saturated rings. The number of hydrogen-bond donors (Lipinski definition) is 0. The number of nitrogens with zero attached hydrogens (tertiary/aromatic N) is 2. The number of methoxy groups -OCH3 is 1. The van der Waals surface area contributed by atoms with Crippen molar-refractivity contribution < 1.29 is 13.2 Å². The largest absolute Gasteiger partial charge is 0.497 e. The fourth-order valence-electron chi connectivity index (χ4n) is 2.06. The molecule has 0 unspecified atom stereocenters. The summed E-state index contributed by atoms with van der Waals surface area (Å²) < 4.78 is 30.1. The lowest BCUT2D eigenvalue weighted by Crippen LogP contribution is -2.36. The number of alkyl halides is 1. The Balaban J connectivity index is 2.61. The molecule has 0 radical (unpaired) electrons. The van der Waals surface area contributed by atoms with Gasteiger partial charge in [0.25, 0.3) is 0 Å². The highest BCUT2D eigenvalue weighted by Gasteiger charge is 2.32. The van der Waals surface area contributed by atoms with Crippen LogP contribution in [0.4, 0.5) is 0 Å². The second-order valence-electron chi connectivity index (χ2n) is 5.63. The molecule has 0 bridgehead atoms. The van der Waals surface area contributed by atoms with Crippen LogP contribution in [-0.4, -0.2) is 36.1 Å². The van der Waals surface area contributed by atoms with Crippen LogP contribution < -0.4 is 4.74 Å². The summed E-state index contributed by atoms with van der Waals surface area (Å²) in [6.07, 6.45) is 1.24. The topological polar surface area (TPSA) is 61.2 Å². The maximum atomic E-state index is 11.9. The van der Waals surface area contributed by atoms with E-state index in [1.807, 2.05) is 22.8 Å². The number of imidazole rings is 1. The van der Waals surface area contributed by atoms with Gasteiger partial charge in [-0.2, -0.15) is 0 Å². The number of fused-ring (bicyclic) bond motifs is 1. The third-order valence-corrected chi connectivity index (χ3v) is 6.07. The smallest absolute Gasteiger partial charge is 0.154 e. The van der Waals surface area contributed by atoms with Crippen LogP contribution in [0.5, 0.6) is 5.75 Å². The number of hydrogen-bond acceptors (Lipinski definition) is 4. The molecule has 0 spiro atoms. The molecule has 0 aliphatic rings. The minimum atomic E-state index is -3.21. The van der Waals surface area contributed by atoms with E-state index >= 15 is 0 Å². The molecule has 0 N–H and O–H groups in total. The third kappa shape index (κ3) is 3.01. The predicted molar refractivity (Wildman–Crippen MR) is 84.8 cm³/mol. The summed E-state index contributed by atoms with van der Waals surface area (Å²) in [5, 5.41) is 0. The van der Waals surface area contributed by atoms with Gasteiger partial charge < -0.3 is 9.30 Å². The lowest BCUT2D eigenvalue weighted by Gasteiger charge is -2.24. The Kier molecular flexibility index (Phi) is 4.22. The van der Waals surface area contributed by atoms with Gasteiger partial charge in [0, 0.05) is 18.9 Å². The van der Waals surface area contributed by atoms with Crippen LogP contribution >= 0.6 is 11.6 Å². The van der Waals surface area contributed by atoms with Gasteiger partial charge in [-0.05, 0) is 26.0 Å². The van der Waals surface area contributed by atoms with E-state index in [0.29, 0.717) is 11.6 Å². The SMILES string of the molecule is COc1ccc2nc(CCl)n(CC(C)(C)S(C)(=O)=O)c2c1. The maximum Gasteiger partial charge on any atom is 0.154 e. The van der Waals surface area contributed by atoms with Crippen molar-refractivity contribution in [2.75, 3.05) is 13.4 Å². The third-order valence-electron chi connectivity index (χ3n) is 3.70. The highest BCUT2D eigenvalue weighted by atomic mass is 35.5. The molecule has 0 amide bonds. The molecule has 116 valence electrons. The van der Waals surface area contributed by atoms with Gasteiger partial charge in [0.1, 0.15) is 11.6 Å². The first-order valence-corrected chi connectivity index (χ1v) is 8.91. The summed E-state index contributed by atoms with van der Waals surface area (Å²) >= 11 is 5.96. The number of halogens is 1. The Labute approximate surface area is 129 Å². The Morgan fingerprint density at radius 2 is 2.05 bits per heavy atom. The molecular weight excluding hydrogens is 312 g/mol. The number of benzene rings is 1. The molecule has 5 nitrogen and oxygen atoms in total. The Bertz CT molecular complexity index is 766. The summed E-state index contributed by atoms with van der Waals surface area (Å²) in [4.78, 5) is 4.45. The normalized spacial score (nSPS) is 12.8. The molecule has 0 atom stereocenters. The van der Waals surface area contributed by atoms with Gasteiger partial charge in [0.15, 0.2) is 9.84 Å². The van der Waals surface area contributed by atoms with Crippen LogP contribution in [0.2, 0.25) is 0 Å². The van der Waals surface area contributed by atoms with Crippen molar-refractivity contribution in [3.05, 3.63) is 24.0 Å². The van der Waals surface area contributed by atoms with Gasteiger partial charge in [0.2, 0.25) is 0 Å². The molecular formula is C14H19ClN2O3S. The molecule has 21 heavy (non-hydrogen) atoms. The first kappa shape index (κ1) is 16.1. The minimum absolute atomic E-state index is 0.219. The highest BCUT2D eigenvalue weighted by molar-refractivity contribution is 7.92. The number of ether oxygens (including phenoxy) is 1.